The van der Waals surface area contributed by atoms with Gasteiger partial charge in [0.25, 0.3) is 5.91 Å². The molecular weight excluding hydrogens is 374 g/mol. The molecule has 0 radical (unpaired) electrons. The molecule has 1 saturated heterocycles. The van der Waals surface area contributed by atoms with Gasteiger partial charge in [-0.05, 0) is 67.6 Å². The molecule has 28 heavy (non-hydrogen) atoms. The molecule has 0 bridgehead atoms. The number of benzene rings is 1. The largest absolute Gasteiger partial charge is 0.497 e. The van der Waals surface area contributed by atoms with Crippen molar-refractivity contribution in [1.82, 2.24) is 4.90 Å². The van der Waals surface area contributed by atoms with Crippen LogP contribution in [0.1, 0.15) is 29.7 Å². The van der Waals surface area contributed by atoms with E-state index in [4.69, 9.17) is 9.57 Å². The van der Waals surface area contributed by atoms with Gasteiger partial charge in [-0.25, -0.2) is 0 Å². The van der Waals surface area contributed by atoms with Crippen LogP contribution in [-0.4, -0.2) is 42.3 Å². The molecule has 1 amide bonds. The lowest BCUT2D eigenvalue weighted by Gasteiger charge is -2.38. The molecule has 148 valence electrons. The van der Waals surface area contributed by atoms with E-state index in [9.17, 15) is 4.79 Å². The number of oxime groups is 1. The normalized spacial score (nSPS) is 22.0. The van der Waals surface area contributed by atoms with Gasteiger partial charge in [0, 0.05) is 30.1 Å². The highest BCUT2D eigenvalue weighted by molar-refractivity contribution is 7.10. The van der Waals surface area contributed by atoms with Crippen molar-refractivity contribution in [2.24, 2.45) is 5.16 Å². The monoisotopic (exact) mass is 399 g/mol. The molecule has 1 N–H and O–H groups in total. The highest BCUT2D eigenvalue weighted by atomic mass is 32.1. The molecule has 2 aromatic rings. The Morgan fingerprint density at radius 1 is 1.36 bits per heavy atom. The molecule has 6 nitrogen and oxygen atoms in total. The summed E-state index contributed by atoms with van der Waals surface area (Å²) in [6.07, 6.45) is 2.53. The number of aryl methyl sites for hydroxylation is 1. The van der Waals surface area contributed by atoms with Crippen LogP contribution in [0.3, 0.4) is 0 Å². The molecular formula is C21H25N3O3S. The number of thiophene rings is 1. The van der Waals surface area contributed by atoms with E-state index in [1.807, 2.05) is 24.3 Å². The summed E-state index contributed by atoms with van der Waals surface area (Å²) in [6.45, 7) is 4.94. The van der Waals surface area contributed by atoms with Gasteiger partial charge in [0.1, 0.15) is 11.5 Å². The first kappa shape index (κ1) is 19.0. The van der Waals surface area contributed by atoms with Gasteiger partial charge in [-0.15, -0.1) is 11.3 Å². The average Bonchev–Trinajstić information content (AvgIpc) is 3.29. The maximum atomic E-state index is 12.6. The minimum absolute atomic E-state index is 0.201. The molecule has 2 aliphatic rings. The van der Waals surface area contributed by atoms with Crippen LogP contribution in [0.2, 0.25) is 0 Å². The summed E-state index contributed by atoms with van der Waals surface area (Å²) >= 11 is 1.80. The summed E-state index contributed by atoms with van der Waals surface area (Å²) < 4.78 is 5.14. The number of ether oxygens (including phenoxy) is 1. The highest BCUT2D eigenvalue weighted by Crippen LogP contribution is 2.35. The van der Waals surface area contributed by atoms with Crippen LogP contribution in [0.5, 0.6) is 5.75 Å². The van der Waals surface area contributed by atoms with Crippen molar-refractivity contribution in [3.8, 4) is 5.75 Å². The smallest absolute Gasteiger partial charge is 0.273 e. The molecule has 1 fully saturated rings. The second kappa shape index (κ2) is 7.93. The van der Waals surface area contributed by atoms with Crippen molar-refractivity contribution in [3.63, 3.8) is 0 Å². The van der Waals surface area contributed by atoms with Crippen LogP contribution in [0.15, 0.2) is 40.9 Å². The number of nitrogens with one attached hydrogen (secondary N) is 1. The summed E-state index contributed by atoms with van der Waals surface area (Å²) in [4.78, 5) is 22.3. The van der Waals surface area contributed by atoms with E-state index in [1.54, 1.807) is 18.4 Å². The standard InChI is InChI=1S/C21H25N3O3S/c1-15-8-11-28-19(15)13-24-10-3-9-21(14-24)12-18(23-27-21)20(25)22-16-4-6-17(26-2)7-5-16/h4-8,11H,3,9-10,12-14H2,1-2H3,(H,22,25). The maximum absolute atomic E-state index is 12.6. The lowest BCUT2D eigenvalue weighted by molar-refractivity contribution is -0.110. The molecule has 7 heteroatoms. The van der Waals surface area contributed by atoms with E-state index in [-0.39, 0.29) is 11.5 Å². The zero-order valence-corrected chi connectivity index (χ0v) is 17.1. The first-order valence-corrected chi connectivity index (χ1v) is 10.4. The molecule has 1 atom stereocenters. The third kappa shape index (κ3) is 4.05. The van der Waals surface area contributed by atoms with Gasteiger partial charge >= 0.3 is 0 Å². The lowest BCUT2D eigenvalue weighted by atomic mass is 9.88. The fraction of sp³-hybridized carbons (Fsp3) is 0.429. The van der Waals surface area contributed by atoms with Gasteiger partial charge in [-0.3, -0.25) is 9.69 Å². The van der Waals surface area contributed by atoms with Crippen LogP contribution in [0.4, 0.5) is 5.69 Å². The lowest BCUT2D eigenvalue weighted by Crippen LogP contribution is -2.48. The Morgan fingerprint density at radius 2 is 2.18 bits per heavy atom. The number of anilines is 1. The van der Waals surface area contributed by atoms with Crippen LogP contribution in [0, 0.1) is 6.92 Å². The second-order valence-corrected chi connectivity index (χ2v) is 8.51. The Bertz CT molecular complexity index is 877. The SMILES string of the molecule is COc1ccc(NC(=O)C2=NOC3(CCCN(Cc4sccc4C)C3)C2)cc1. The maximum Gasteiger partial charge on any atom is 0.273 e. The van der Waals surface area contributed by atoms with Gasteiger partial charge in [0.2, 0.25) is 0 Å². The Hall–Kier alpha value is -2.38. The molecule has 3 heterocycles. The number of carbonyl (C=O) groups is 1. The van der Waals surface area contributed by atoms with Crippen molar-refractivity contribution in [1.29, 1.82) is 0 Å². The fourth-order valence-electron chi connectivity index (χ4n) is 3.83. The molecule has 4 rings (SSSR count). The minimum atomic E-state index is -0.379. The predicted molar refractivity (Wildman–Crippen MR) is 111 cm³/mol. The van der Waals surface area contributed by atoms with Crippen molar-refractivity contribution in [2.75, 3.05) is 25.5 Å². The Labute approximate surface area is 169 Å². The van der Waals surface area contributed by atoms with Crippen LogP contribution in [-0.2, 0) is 16.2 Å². The number of likely N-dealkylation sites (tertiary alicyclic amines) is 1. The summed E-state index contributed by atoms with van der Waals surface area (Å²) in [5, 5.41) is 9.18. The molecule has 1 spiro atoms. The predicted octanol–water partition coefficient (Wildman–Crippen LogP) is 3.81. The minimum Gasteiger partial charge on any atom is -0.497 e. The topological polar surface area (TPSA) is 63.2 Å². The van der Waals surface area contributed by atoms with Crippen molar-refractivity contribution >= 4 is 28.6 Å². The number of amides is 1. The molecule has 2 aliphatic heterocycles. The van der Waals surface area contributed by atoms with Crippen LogP contribution < -0.4 is 10.1 Å². The number of rotatable bonds is 5. The Morgan fingerprint density at radius 3 is 2.89 bits per heavy atom. The van der Waals surface area contributed by atoms with Gasteiger partial charge in [0.15, 0.2) is 5.60 Å². The number of carbonyl (C=O) groups excluding carboxylic acids is 1. The number of hydrogen-bond acceptors (Lipinski definition) is 6. The highest BCUT2D eigenvalue weighted by Gasteiger charge is 2.44. The van der Waals surface area contributed by atoms with E-state index < -0.39 is 0 Å². The molecule has 1 unspecified atom stereocenters. The fourth-order valence-corrected chi connectivity index (χ4v) is 4.78. The van der Waals surface area contributed by atoms with E-state index in [1.165, 1.54) is 10.4 Å². The summed E-state index contributed by atoms with van der Waals surface area (Å²) in [6, 6.07) is 9.42. The Kier molecular flexibility index (Phi) is 5.37. The zero-order chi connectivity index (χ0) is 19.6. The molecule has 1 aromatic carbocycles. The third-order valence-corrected chi connectivity index (χ3v) is 6.41. The molecule has 1 aromatic heterocycles. The van der Waals surface area contributed by atoms with Gasteiger partial charge in [0.05, 0.1) is 7.11 Å². The quantitative estimate of drug-likeness (QED) is 0.830. The van der Waals surface area contributed by atoms with Crippen LogP contribution in [0.25, 0.3) is 0 Å². The summed E-state index contributed by atoms with van der Waals surface area (Å²) in [5.74, 6) is 0.551. The van der Waals surface area contributed by atoms with E-state index in [0.717, 1.165) is 38.2 Å². The van der Waals surface area contributed by atoms with Crippen molar-refractivity contribution in [3.05, 3.63) is 46.2 Å². The van der Waals surface area contributed by atoms with E-state index >= 15 is 0 Å². The summed E-state index contributed by atoms with van der Waals surface area (Å²) in [7, 11) is 1.62. The molecule has 0 aliphatic carbocycles. The van der Waals surface area contributed by atoms with E-state index in [2.05, 4.69) is 33.7 Å². The van der Waals surface area contributed by atoms with Gasteiger partial charge in [-0.2, -0.15) is 0 Å². The second-order valence-electron chi connectivity index (χ2n) is 7.51. The van der Waals surface area contributed by atoms with E-state index in [0.29, 0.717) is 17.8 Å². The number of piperidine rings is 1. The van der Waals surface area contributed by atoms with Gasteiger partial charge in [-0.1, -0.05) is 5.16 Å². The number of methoxy groups -OCH3 is 1. The first-order valence-electron chi connectivity index (χ1n) is 9.53. The third-order valence-electron chi connectivity index (χ3n) is 5.40. The summed E-state index contributed by atoms with van der Waals surface area (Å²) in [5.41, 5.74) is 2.14. The molecule has 0 saturated carbocycles. The zero-order valence-electron chi connectivity index (χ0n) is 16.2. The van der Waals surface area contributed by atoms with Gasteiger partial charge < -0.3 is 14.9 Å². The van der Waals surface area contributed by atoms with Crippen LogP contribution >= 0.6 is 11.3 Å². The average molecular weight is 400 g/mol. The number of hydrogen-bond donors (Lipinski definition) is 1. The number of nitrogens with zero attached hydrogens (tertiary/aromatic N) is 2. The van der Waals surface area contributed by atoms with Crippen molar-refractivity contribution < 1.29 is 14.4 Å². The first-order chi connectivity index (χ1) is 13.6. The van der Waals surface area contributed by atoms with Crippen molar-refractivity contribution in [2.45, 2.75) is 38.3 Å². The Balaban J connectivity index is 1.36.